The normalized spacial score (nSPS) is 12.5. The van der Waals surface area contributed by atoms with E-state index in [4.69, 9.17) is 5.73 Å². The summed E-state index contributed by atoms with van der Waals surface area (Å²) in [5.74, 6) is -0.830. The molecule has 0 aromatic heterocycles. The first-order chi connectivity index (χ1) is 6.50. The highest BCUT2D eigenvalue weighted by Crippen LogP contribution is 2.18. The van der Waals surface area contributed by atoms with Crippen LogP contribution in [-0.4, -0.2) is 10.7 Å². The number of carbonyl (C=O) groups excluding carboxylic acids is 1. The fraction of sp³-hybridized carbons (Fsp3) is 0.222. The number of hydrogen-bond acceptors (Lipinski definition) is 1. The van der Waals surface area contributed by atoms with Crippen molar-refractivity contribution < 1.29 is 9.18 Å². The second kappa shape index (κ2) is 4.89. The second-order valence-corrected chi connectivity index (χ2v) is 4.83. The summed E-state index contributed by atoms with van der Waals surface area (Å²) in [5.41, 5.74) is 5.51. The van der Waals surface area contributed by atoms with Gasteiger partial charge >= 0.3 is 0 Å². The maximum Gasteiger partial charge on any atom is 0.231 e. The van der Waals surface area contributed by atoms with Crippen LogP contribution in [-0.2, 0) is 11.2 Å². The molecule has 1 amide bonds. The highest BCUT2D eigenvalue weighted by molar-refractivity contribution is 9.10. The number of carbonyl (C=O) groups is 1. The van der Waals surface area contributed by atoms with Crippen LogP contribution in [0.1, 0.15) is 5.56 Å². The third-order valence-electron chi connectivity index (χ3n) is 1.72. The fourth-order valence-corrected chi connectivity index (χ4v) is 1.75. The summed E-state index contributed by atoms with van der Waals surface area (Å²) in [6.07, 6.45) is 0.251. The Hall–Kier alpha value is -0.420. The summed E-state index contributed by atoms with van der Waals surface area (Å²) in [6.45, 7) is 0. The molecule has 0 saturated heterocycles. The molecule has 5 heteroatoms. The van der Waals surface area contributed by atoms with E-state index < -0.39 is 10.7 Å². The van der Waals surface area contributed by atoms with Gasteiger partial charge in [0.2, 0.25) is 5.91 Å². The molecule has 0 aliphatic heterocycles. The Morgan fingerprint density at radius 1 is 1.57 bits per heavy atom. The van der Waals surface area contributed by atoms with Crippen molar-refractivity contribution in [2.24, 2.45) is 5.73 Å². The molecule has 1 unspecified atom stereocenters. The summed E-state index contributed by atoms with van der Waals surface area (Å²) >= 11 is 6.31. The molecule has 0 radical (unpaired) electrons. The maximum absolute atomic E-state index is 13.2. The van der Waals surface area contributed by atoms with Crippen LogP contribution in [0, 0.1) is 5.82 Å². The summed E-state index contributed by atoms with van der Waals surface area (Å²) < 4.78 is 14.0. The van der Waals surface area contributed by atoms with E-state index in [1.54, 1.807) is 12.1 Å². The van der Waals surface area contributed by atoms with Crippen molar-refractivity contribution in [1.29, 1.82) is 0 Å². The monoisotopic (exact) mass is 323 g/mol. The molecule has 14 heavy (non-hydrogen) atoms. The van der Waals surface area contributed by atoms with E-state index in [0.717, 1.165) is 4.47 Å². The van der Waals surface area contributed by atoms with Crippen molar-refractivity contribution in [1.82, 2.24) is 0 Å². The Morgan fingerprint density at radius 2 is 2.21 bits per heavy atom. The van der Waals surface area contributed by atoms with Gasteiger partial charge in [-0.3, -0.25) is 4.79 Å². The van der Waals surface area contributed by atoms with E-state index >= 15 is 0 Å². The Morgan fingerprint density at radius 3 is 2.79 bits per heavy atom. The van der Waals surface area contributed by atoms with Crippen molar-refractivity contribution in [2.45, 2.75) is 11.2 Å². The predicted octanol–water partition coefficient (Wildman–Crippen LogP) is 2.38. The van der Waals surface area contributed by atoms with E-state index in [-0.39, 0.29) is 12.2 Å². The van der Waals surface area contributed by atoms with E-state index in [9.17, 15) is 9.18 Å². The molecule has 2 N–H and O–H groups in total. The molecule has 0 spiro atoms. The standard InChI is InChI=1S/C9H8Br2FNO/c10-6-1-2-8(12)5(3-6)4-7(11)9(13)14/h1-3,7H,4H2,(H2,13,14). The lowest BCUT2D eigenvalue weighted by molar-refractivity contribution is -0.117. The average Bonchev–Trinajstić information content (AvgIpc) is 2.11. The number of primary amides is 1. The van der Waals surface area contributed by atoms with Crippen LogP contribution in [0.5, 0.6) is 0 Å². The largest absolute Gasteiger partial charge is 0.369 e. The van der Waals surface area contributed by atoms with Crippen LogP contribution >= 0.6 is 31.9 Å². The van der Waals surface area contributed by atoms with Gasteiger partial charge < -0.3 is 5.73 Å². The Kier molecular flexibility index (Phi) is 4.07. The van der Waals surface area contributed by atoms with Crippen molar-refractivity contribution in [3.8, 4) is 0 Å². The van der Waals surface area contributed by atoms with E-state index in [0.29, 0.717) is 5.56 Å². The highest BCUT2D eigenvalue weighted by atomic mass is 79.9. The number of hydrogen-bond donors (Lipinski definition) is 1. The van der Waals surface area contributed by atoms with Crippen LogP contribution < -0.4 is 5.73 Å². The van der Waals surface area contributed by atoms with Crippen LogP contribution in [0.25, 0.3) is 0 Å². The number of alkyl halides is 1. The lowest BCUT2D eigenvalue weighted by atomic mass is 10.1. The van der Waals surface area contributed by atoms with Gasteiger partial charge in [0, 0.05) is 4.47 Å². The minimum Gasteiger partial charge on any atom is -0.369 e. The van der Waals surface area contributed by atoms with Gasteiger partial charge in [0.1, 0.15) is 5.82 Å². The maximum atomic E-state index is 13.2. The van der Waals surface area contributed by atoms with Gasteiger partial charge in [-0.15, -0.1) is 0 Å². The molecule has 0 aliphatic rings. The average molecular weight is 325 g/mol. The second-order valence-electron chi connectivity index (χ2n) is 2.81. The molecule has 1 aromatic carbocycles. The van der Waals surface area contributed by atoms with Crippen LogP contribution in [0.4, 0.5) is 4.39 Å². The minimum absolute atomic E-state index is 0.251. The van der Waals surface area contributed by atoms with E-state index in [1.807, 2.05) is 0 Å². The number of nitrogens with two attached hydrogens (primary N) is 1. The molecule has 0 fully saturated rings. The van der Waals surface area contributed by atoms with Gasteiger partial charge in [-0.25, -0.2) is 4.39 Å². The summed E-state index contributed by atoms with van der Waals surface area (Å²) in [6, 6.07) is 4.58. The number of rotatable bonds is 3. The first-order valence-electron chi connectivity index (χ1n) is 3.88. The molecule has 1 atom stereocenters. The highest BCUT2D eigenvalue weighted by Gasteiger charge is 2.14. The Balaban J connectivity index is 2.85. The van der Waals surface area contributed by atoms with Gasteiger partial charge in [0.25, 0.3) is 0 Å². The molecule has 2 nitrogen and oxygen atoms in total. The zero-order valence-corrected chi connectivity index (χ0v) is 10.3. The first kappa shape index (κ1) is 11.7. The molecular weight excluding hydrogens is 317 g/mol. The topological polar surface area (TPSA) is 43.1 Å². The molecular formula is C9H8Br2FNO. The number of amides is 1. The molecule has 1 aromatic rings. The van der Waals surface area contributed by atoms with E-state index in [2.05, 4.69) is 31.9 Å². The van der Waals surface area contributed by atoms with Crippen molar-refractivity contribution in [3.63, 3.8) is 0 Å². The molecule has 0 bridgehead atoms. The minimum atomic E-state index is -0.536. The Bertz CT molecular complexity index is 357. The van der Waals surface area contributed by atoms with Crippen molar-refractivity contribution in [2.75, 3.05) is 0 Å². The zero-order valence-electron chi connectivity index (χ0n) is 7.14. The first-order valence-corrected chi connectivity index (χ1v) is 5.59. The lowest BCUT2D eigenvalue weighted by Crippen LogP contribution is -2.25. The van der Waals surface area contributed by atoms with Crippen molar-refractivity contribution in [3.05, 3.63) is 34.1 Å². The molecule has 0 saturated carbocycles. The van der Waals surface area contributed by atoms with Crippen molar-refractivity contribution >= 4 is 37.8 Å². The van der Waals surface area contributed by atoms with Crippen LogP contribution in [0.2, 0.25) is 0 Å². The van der Waals surface area contributed by atoms with E-state index in [1.165, 1.54) is 6.07 Å². The van der Waals surface area contributed by atoms with Crippen LogP contribution in [0.15, 0.2) is 22.7 Å². The molecule has 0 heterocycles. The quantitative estimate of drug-likeness (QED) is 0.852. The Labute approximate surface area is 97.9 Å². The van der Waals surface area contributed by atoms with Gasteiger partial charge in [-0.1, -0.05) is 31.9 Å². The summed E-state index contributed by atoms with van der Waals surface area (Å²) in [7, 11) is 0. The zero-order chi connectivity index (χ0) is 10.7. The molecule has 1 rings (SSSR count). The van der Waals surface area contributed by atoms with Gasteiger partial charge in [0.15, 0.2) is 0 Å². The predicted molar refractivity (Wildman–Crippen MR) is 59.7 cm³/mol. The van der Waals surface area contributed by atoms with Gasteiger partial charge in [-0.05, 0) is 30.2 Å². The third-order valence-corrected chi connectivity index (χ3v) is 2.98. The third kappa shape index (κ3) is 3.06. The molecule has 76 valence electrons. The molecule has 0 aliphatic carbocycles. The van der Waals surface area contributed by atoms with Crippen LogP contribution in [0.3, 0.4) is 0 Å². The fourth-order valence-electron chi connectivity index (χ4n) is 0.993. The van der Waals surface area contributed by atoms with Gasteiger partial charge in [-0.2, -0.15) is 0 Å². The number of benzene rings is 1. The summed E-state index contributed by atoms with van der Waals surface area (Å²) in [4.78, 5) is 10.2. The van der Waals surface area contributed by atoms with Gasteiger partial charge in [0.05, 0.1) is 4.83 Å². The summed E-state index contributed by atoms with van der Waals surface area (Å²) in [5, 5.41) is 0. The number of halogens is 3. The smallest absolute Gasteiger partial charge is 0.231 e. The lowest BCUT2D eigenvalue weighted by Gasteiger charge is -2.06. The SMILES string of the molecule is NC(=O)C(Br)Cc1cc(Br)ccc1F.